The summed E-state index contributed by atoms with van der Waals surface area (Å²) in [5.74, 6) is 0. The summed E-state index contributed by atoms with van der Waals surface area (Å²) >= 11 is 0. The molecule has 1 fully saturated rings. The molecule has 2 unspecified atom stereocenters. The van der Waals surface area contributed by atoms with Crippen LogP contribution in [0.1, 0.15) is 0 Å². The molecule has 6 N–H and O–H groups in total. The van der Waals surface area contributed by atoms with Crippen molar-refractivity contribution >= 4 is 6.03 Å². The van der Waals surface area contributed by atoms with Crippen molar-refractivity contribution in [3.8, 4) is 0 Å². The first-order valence-electron chi connectivity index (χ1n) is 3.98. The molecule has 76 valence electrons. The van der Waals surface area contributed by atoms with Crippen LogP contribution in [0.25, 0.3) is 0 Å². The molecule has 0 aromatic heterocycles. The van der Waals surface area contributed by atoms with Gasteiger partial charge in [-0.15, -0.1) is 0 Å². The maximum atomic E-state index is 10.5. The first-order chi connectivity index (χ1) is 6.17. The van der Waals surface area contributed by atoms with E-state index in [2.05, 4.69) is 10.7 Å². The molecule has 7 heteroatoms. The van der Waals surface area contributed by atoms with Crippen molar-refractivity contribution in [3.05, 3.63) is 0 Å². The summed E-state index contributed by atoms with van der Waals surface area (Å²) < 4.78 is 0. The van der Waals surface area contributed by atoms with Crippen LogP contribution in [0.3, 0.4) is 0 Å². The van der Waals surface area contributed by atoms with E-state index in [1.165, 1.54) is 5.01 Å². The van der Waals surface area contributed by atoms with E-state index in [9.17, 15) is 4.79 Å². The lowest BCUT2D eigenvalue weighted by molar-refractivity contribution is 0.113. The molecule has 7 nitrogen and oxygen atoms in total. The number of urea groups is 1. The number of carbonyl (C=O) groups is 1. The van der Waals surface area contributed by atoms with Gasteiger partial charge in [0.15, 0.2) is 0 Å². The Morgan fingerprint density at radius 2 is 2.31 bits per heavy atom. The quantitative estimate of drug-likeness (QED) is 0.329. The Balaban J connectivity index is 2.47. The Morgan fingerprint density at radius 1 is 1.62 bits per heavy atom. The van der Waals surface area contributed by atoms with Gasteiger partial charge in [-0.25, -0.2) is 4.79 Å². The van der Waals surface area contributed by atoms with Gasteiger partial charge in [-0.3, -0.25) is 10.7 Å². The standard InChI is InChI=1S/C6H14N4O3/c7-6(13)9-10-1-4(2-11)8-5(10)3-12/h4-5,8,11-12H,1-3H2,(H3,7,9,13). The number of nitrogens with two attached hydrogens (primary N) is 1. The van der Waals surface area contributed by atoms with E-state index in [0.29, 0.717) is 6.54 Å². The molecule has 1 saturated heterocycles. The predicted molar refractivity (Wildman–Crippen MR) is 44.3 cm³/mol. The zero-order valence-electron chi connectivity index (χ0n) is 7.10. The number of rotatable bonds is 3. The van der Waals surface area contributed by atoms with Crippen LogP contribution in [-0.2, 0) is 0 Å². The molecule has 0 bridgehead atoms. The summed E-state index contributed by atoms with van der Waals surface area (Å²) in [7, 11) is 0. The van der Waals surface area contributed by atoms with E-state index in [-0.39, 0.29) is 25.4 Å². The van der Waals surface area contributed by atoms with Crippen molar-refractivity contribution in [3.63, 3.8) is 0 Å². The largest absolute Gasteiger partial charge is 0.395 e. The monoisotopic (exact) mass is 190 g/mol. The highest BCUT2D eigenvalue weighted by molar-refractivity contribution is 5.71. The van der Waals surface area contributed by atoms with Crippen molar-refractivity contribution in [1.29, 1.82) is 0 Å². The summed E-state index contributed by atoms with van der Waals surface area (Å²) in [6.45, 7) is 0.217. The highest BCUT2D eigenvalue weighted by Crippen LogP contribution is 2.04. The van der Waals surface area contributed by atoms with E-state index < -0.39 is 6.03 Å². The van der Waals surface area contributed by atoms with Gasteiger partial charge < -0.3 is 15.9 Å². The number of hydrazine groups is 1. The third-order valence-electron chi connectivity index (χ3n) is 1.87. The van der Waals surface area contributed by atoms with E-state index in [4.69, 9.17) is 15.9 Å². The lowest BCUT2D eigenvalue weighted by Crippen LogP contribution is -2.51. The van der Waals surface area contributed by atoms with Crippen molar-refractivity contribution in [1.82, 2.24) is 15.8 Å². The Bertz CT molecular complexity index is 189. The van der Waals surface area contributed by atoms with E-state index in [1.807, 2.05) is 0 Å². The summed E-state index contributed by atoms with van der Waals surface area (Å²) in [5, 5.41) is 22.1. The number of nitrogens with one attached hydrogen (secondary N) is 2. The maximum absolute atomic E-state index is 10.5. The second kappa shape index (κ2) is 4.38. The summed E-state index contributed by atoms with van der Waals surface area (Å²) in [6, 6.07) is -0.831. The number of primary amides is 1. The molecule has 2 atom stereocenters. The number of carbonyl (C=O) groups excluding carboxylic acids is 1. The first-order valence-corrected chi connectivity index (χ1v) is 3.98. The lowest BCUT2D eigenvalue weighted by Gasteiger charge is -2.21. The zero-order valence-corrected chi connectivity index (χ0v) is 7.10. The van der Waals surface area contributed by atoms with Crippen LogP contribution in [0.2, 0.25) is 0 Å². The normalized spacial score (nSPS) is 29.1. The van der Waals surface area contributed by atoms with Gasteiger partial charge in [0.1, 0.15) is 6.17 Å². The molecular weight excluding hydrogens is 176 g/mol. The maximum Gasteiger partial charge on any atom is 0.326 e. The van der Waals surface area contributed by atoms with Crippen LogP contribution < -0.4 is 16.5 Å². The van der Waals surface area contributed by atoms with Crippen LogP contribution in [0, 0.1) is 0 Å². The molecule has 0 radical (unpaired) electrons. The third-order valence-corrected chi connectivity index (χ3v) is 1.87. The lowest BCUT2D eigenvalue weighted by atomic mass is 10.3. The topological polar surface area (TPSA) is 111 Å². The average Bonchev–Trinajstić information content (AvgIpc) is 2.46. The Morgan fingerprint density at radius 3 is 2.77 bits per heavy atom. The molecular formula is C6H14N4O3. The number of amides is 2. The zero-order chi connectivity index (χ0) is 9.84. The fourth-order valence-corrected chi connectivity index (χ4v) is 1.31. The molecule has 0 saturated carbocycles. The highest BCUT2D eigenvalue weighted by Gasteiger charge is 2.30. The third kappa shape index (κ3) is 2.52. The number of aliphatic hydroxyl groups excluding tert-OH is 2. The molecule has 1 heterocycles. The van der Waals surface area contributed by atoms with Crippen LogP contribution in [-0.4, -0.2) is 53.2 Å². The van der Waals surface area contributed by atoms with Crippen LogP contribution in [0.5, 0.6) is 0 Å². The fourth-order valence-electron chi connectivity index (χ4n) is 1.31. The SMILES string of the molecule is NC(=O)NN1CC(CO)NC1CO. The average molecular weight is 190 g/mol. The second-order valence-electron chi connectivity index (χ2n) is 2.87. The van der Waals surface area contributed by atoms with Crippen LogP contribution in [0.15, 0.2) is 0 Å². The van der Waals surface area contributed by atoms with Crippen molar-refractivity contribution in [2.45, 2.75) is 12.2 Å². The van der Waals surface area contributed by atoms with Gasteiger partial charge in [-0.1, -0.05) is 0 Å². The number of hydrogen-bond acceptors (Lipinski definition) is 5. The summed E-state index contributed by atoms with van der Waals surface area (Å²) in [6.07, 6.45) is -0.385. The number of aliphatic hydroxyl groups is 2. The predicted octanol–water partition coefficient (Wildman–Crippen LogP) is -2.85. The van der Waals surface area contributed by atoms with Gasteiger partial charge in [-0.2, -0.15) is 5.01 Å². The van der Waals surface area contributed by atoms with E-state index in [1.54, 1.807) is 0 Å². The highest BCUT2D eigenvalue weighted by atomic mass is 16.3. The molecule has 0 aromatic carbocycles. The van der Waals surface area contributed by atoms with Gasteiger partial charge in [0.25, 0.3) is 0 Å². The Hall–Kier alpha value is -0.890. The van der Waals surface area contributed by atoms with Crippen molar-refractivity contribution in [2.75, 3.05) is 19.8 Å². The van der Waals surface area contributed by atoms with Crippen molar-refractivity contribution < 1.29 is 15.0 Å². The molecule has 1 rings (SSSR count). The molecule has 0 spiro atoms. The number of hydrogen-bond donors (Lipinski definition) is 5. The molecule has 0 aliphatic carbocycles. The van der Waals surface area contributed by atoms with E-state index in [0.717, 1.165) is 0 Å². The first kappa shape index (κ1) is 10.2. The molecule has 1 aliphatic rings. The van der Waals surface area contributed by atoms with E-state index >= 15 is 0 Å². The molecule has 0 aromatic rings. The molecule has 1 aliphatic heterocycles. The van der Waals surface area contributed by atoms with Gasteiger partial charge >= 0.3 is 6.03 Å². The number of nitrogens with zero attached hydrogens (tertiary/aromatic N) is 1. The van der Waals surface area contributed by atoms with Gasteiger partial charge in [0.05, 0.1) is 13.2 Å². The second-order valence-corrected chi connectivity index (χ2v) is 2.87. The fraction of sp³-hybridized carbons (Fsp3) is 0.833. The Labute approximate surface area is 75.5 Å². The van der Waals surface area contributed by atoms with Gasteiger partial charge in [-0.05, 0) is 0 Å². The minimum absolute atomic E-state index is 0.0482. The van der Waals surface area contributed by atoms with Crippen LogP contribution >= 0.6 is 0 Å². The summed E-state index contributed by atoms with van der Waals surface area (Å²) in [5.41, 5.74) is 7.26. The molecule has 13 heavy (non-hydrogen) atoms. The van der Waals surface area contributed by atoms with Gasteiger partial charge in [0, 0.05) is 12.6 Å². The minimum Gasteiger partial charge on any atom is -0.395 e. The molecule has 2 amide bonds. The van der Waals surface area contributed by atoms with Gasteiger partial charge in [0.2, 0.25) is 0 Å². The smallest absolute Gasteiger partial charge is 0.326 e. The minimum atomic E-state index is -0.682. The Kier molecular flexibility index (Phi) is 3.43. The van der Waals surface area contributed by atoms with Crippen molar-refractivity contribution in [2.24, 2.45) is 5.73 Å². The summed E-state index contributed by atoms with van der Waals surface area (Å²) in [4.78, 5) is 10.5. The van der Waals surface area contributed by atoms with Crippen LogP contribution in [0.4, 0.5) is 4.79 Å².